The van der Waals surface area contributed by atoms with Gasteiger partial charge in [-0.3, -0.25) is 0 Å². The molecule has 0 heterocycles. The number of rotatable bonds is 2. The third kappa shape index (κ3) is 1.58. The van der Waals surface area contributed by atoms with Crippen LogP contribution in [0.5, 0.6) is 0 Å². The highest BCUT2D eigenvalue weighted by atomic mass is 14.6. The first-order valence-corrected chi connectivity index (χ1v) is 3.66. The molecule has 1 rings (SSSR count). The van der Waals surface area contributed by atoms with Gasteiger partial charge in [-0.15, -0.1) is 0 Å². The summed E-state index contributed by atoms with van der Waals surface area (Å²) < 4.78 is 0. The van der Waals surface area contributed by atoms with Gasteiger partial charge in [-0.1, -0.05) is 13.0 Å². The molecule has 0 aliphatic rings. The van der Waals surface area contributed by atoms with Crippen molar-refractivity contribution in [2.24, 2.45) is 0 Å². The van der Waals surface area contributed by atoms with E-state index in [2.05, 4.69) is 6.92 Å². The third-order valence-electron chi connectivity index (χ3n) is 1.71. The lowest BCUT2D eigenvalue weighted by Crippen LogP contribution is -1.93. The van der Waals surface area contributed by atoms with Crippen molar-refractivity contribution in [1.29, 1.82) is 5.41 Å². The molecule has 1 aromatic rings. The number of nitrogen functional groups attached to an aromatic ring is 1. The summed E-state index contributed by atoms with van der Waals surface area (Å²) in [4.78, 5) is 0. The number of aryl methyl sites for hydroxylation is 1. The SMILES string of the molecule is CCc1ccc(N)c(C=N)c1.[HH]. The number of hydrogen-bond acceptors (Lipinski definition) is 2. The van der Waals surface area contributed by atoms with Crippen molar-refractivity contribution >= 4 is 11.9 Å². The van der Waals surface area contributed by atoms with Crippen LogP contribution in [0.1, 0.15) is 19.5 Å². The van der Waals surface area contributed by atoms with Crippen LogP contribution in [0.4, 0.5) is 5.69 Å². The first kappa shape index (κ1) is 7.79. The Hall–Kier alpha value is -1.31. The Labute approximate surface area is 68.0 Å². The molecule has 0 bridgehead atoms. The highest BCUT2D eigenvalue weighted by Crippen LogP contribution is 2.11. The van der Waals surface area contributed by atoms with Gasteiger partial charge in [0.2, 0.25) is 0 Å². The van der Waals surface area contributed by atoms with E-state index in [-0.39, 0.29) is 1.43 Å². The molecule has 0 aliphatic heterocycles. The van der Waals surface area contributed by atoms with Crippen molar-refractivity contribution in [3.8, 4) is 0 Å². The molecule has 0 unspecified atom stereocenters. The van der Waals surface area contributed by atoms with Crippen molar-refractivity contribution in [3.63, 3.8) is 0 Å². The van der Waals surface area contributed by atoms with Crippen molar-refractivity contribution < 1.29 is 1.43 Å². The zero-order chi connectivity index (χ0) is 8.27. The van der Waals surface area contributed by atoms with Crippen LogP contribution in [0, 0.1) is 5.41 Å². The van der Waals surface area contributed by atoms with E-state index in [0.29, 0.717) is 5.69 Å². The lowest BCUT2D eigenvalue weighted by Gasteiger charge is -2.01. The molecule has 2 nitrogen and oxygen atoms in total. The van der Waals surface area contributed by atoms with E-state index in [0.717, 1.165) is 12.0 Å². The molecule has 0 atom stereocenters. The maximum atomic E-state index is 7.05. The highest BCUT2D eigenvalue weighted by Gasteiger charge is 1.95. The van der Waals surface area contributed by atoms with Crippen LogP contribution in [-0.4, -0.2) is 6.21 Å². The van der Waals surface area contributed by atoms with E-state index in [1.54, 1.807) is 0 Å². The Morgan fingerprint density at radius 3 is 2.91 bits per heavy atom. The quantitative estimate of drug-likeness (QED) is 0.492. The fraction of sp³-hybridized carbons (Fsp3) is 0.222. The molecule has 0 saturated heterocycles. The summed E-state index contributed by atoms with van der Waals surface area (Å²) in [5.41, 5.74) is 8.31. The fourth-order valence-electron chi connectivity index (χ4n) is 0.969. The minimum Gasteiger partial charge on any atom is -0.398 e. The predicted octanol–water partition coefficient (Wildman–Crippen LogP) is 2.07. The van der Waals surface area contributed by atoms with Crippen LogP contribution in [0.15, 0.2) is 18.2 Å². The Bertz CT molecular complexity index is 271. The largest absolute Gasteiger partial charge is 0.398 e. The minimum atomic E-state index is 0. The molecular weight excluding hydrogens is 136 g/mol. The Kier molecular flexibility index (Phi) is 2.26. The predicted molar refractivity (Wildman–Crippen MR) is 50.2 cm³/mol. The summed E-state index contributed by atoms with van der Waals surface area (Å²) in [6.45, 7) is 2.08. The Balaban J connectivity index is 0.00000121. The van der Waals surface area contributed by atoms with Crippen LogP contribution < -0.4 is 5.73 Å². The maximum absolute atomic E-state index is 7.05. The molecule has 0 fully saturated rings. The lowest BCUT2D eigenvalue weighted by atomic mass is 10.1. The molecule has 1 aromatic carbocycles. The molecule has 0 saturated carbocycles. The second-order valence-corrected chi connectivity index (χ2v) is 2.46. The van der Waals surface area contributed by atoms with E-state index in [1.807, 2.05) is 18.2 Å². The van der Waals surface area contributed by atoms with Gasteiger partial charge in [-0.25, -0.2) is 0 Å². The van der Waals surface area contributed by atoms with Crippen LogP contribution in [0.25, 0.3) is 0 Å². The summed E-state index contributed by atoms with van der Waals surface area (Å²) in [6.07, 6.45) is 2.27. The molecule has 60 valence electrons. The van der Waals surface area contributed by atoms with Crippen molar-refractivity contribution in [2.45, 2.75) is 13.3 Å². The number of hydrogen-bond donors (Lipinski definition) is 2. The average molecular weight is 150 g/mol. The third-order valence-corrected chi connectivity index (χ3v) is 1.71. The summed E-state index contributed by atoms with van der Waals surface area (Å²) >= 11 is 0. The minimum absolute atomic E-state index is 0. The van der Waals surface area contributed by atoms with E-state index in [9.17, 15) is 0 Å². The number of nitrogens with one attached hydrogen (secondary N) is 1. The molecule has 3 N–H and O–H groups in total. The van der Waals surface area contributed by atoms with Crippen LogP contribution in [0.2, 0.25) is 0 Å². The molecule has 11 heavy (non-hydrogen) atoms. The second kappa shape index (κ2) is 3.19. The van der Waals surface area contributed by atoms with Gasteiger partial charge in [0.1, 0.15) is 0 Å². The topological polar surface area (TPSA) is 49.9 Å². The van der Waals surface area contributed by atoms with Crippen LogP contribution >= 0.6 is 0 Å². The van der Waals surface area contributed by atoms with Crippen molar-refractivity contribution in [2.75, 3.05) is 5.73 Å². The smallest absolute Gasteiger partial charge is 0.0403 e. The zero-order valence-electron chi connectivity index (χ0n) is 6.59. The highest BCUT2D eigenvalue weighted by molar-refractivity contribution is 5.85. The van der Waals surface area contributed by atoms with Gasteiger partial charge in [0.25, 0.3) is 0 Å². The van der Waals surface area contributed by atoms with Gasteiger partial charge in [-0.2, -0.15) is 0 Å². The summed E-state index contributed by atoms with van der Waals surface area (Å²) in [5, 5.41) is 7.05. The fourth-order valence-corrected chi connectivity index (χ4v) is 0.969. The first-order valence-electron chi connectivity index (χ1n) is 3.66. The first-order chi connectivity index (χ1) is 5.27. The Morgan fingerprint density at radius 1 is 1.64 bits per heavy atom. The standard InChI is InChI=1S/C9H12N2.H2/c1-2-7-3-4-9(11)8(5-7)6-10;/h3-6,10H,2,11H2,1H3;1H. The van der Waals surface area contributed by atoms with Crippen LogP contribution in [0.3, 0.4) is 0 Å². The average Bonchev–Trinajstić information content (AvgIpc) is 2.05. The van der Waals surface area contributed by atoms with Crippen LogP contribution in [-0.2, 0) is 6.42 Å². The summed E-state index contributed by atoms with van der Waals surface area (Å²) in [5.74, 6) is 0. The van der Waals surface area contributed by atoms with Gasteiger partial charge < -0.3 is 11.1 Å². The Morgan fingerprint density at radius 2 is 2.36 bits per heavy atom. The van der Waals surface area contributed by atoms with Gasteiger partial charge >= 0.3 is 0 Å². The second-order valence-electron chi connectivity index (χ2n) is 2.46. The molecule has 0 spiro atoms. The number of benzene rings is 1. The summed E-state index contributed by atoms with van der Waals surface area (Å²) in [7, 11) is 0. The molecular formula is C9H14N2. The molecule has 0 aromatic heterocycles. The van der Waals surface area contributed by atoms with Gasteiger partial charge in [0.15, 0.2) is 0 Å². The lowest BCUT2D eigenvalue weighted by molar-refractivity contribution is 1.14. The van der Waals surface area contributed by atoms with E-state index in [1.165, 1.54) is 11.8 Å². The molecule has 0 amide bonds. The number of nitrogens with two attached hydrogens (primary N) is 1. The number of anilines is 1. The van der Waals surface area contributed by atoms with Gasteiger partial charge in [0.05, 0.1) is 0 Å². The normalized spacial score (nSPS) is 9.55. The van der Waals surface area contributed by atoms with Gasteiger partial charge in [-0.05, 0) is 24.1 Å². The van der Waals surface area contributed by atoms with E-state index < -0.39 is 0 Å². The van der Waals surface area contributed by atoms with Crippen molar-refractivity contribution in [3.05, 3.63) is 29.3 Å². The van der Waals surface area contributed by atoms with Gasteiger partial charge in [0, 0.05) is 18.9 Å². The monoisotopic (exact) mass is 150 g/mol. The van der Waals surface area contributed by atoms with E-state index >= 15 is 0 Å². The molecule has 0 radical (unpaired) electrons. The van der Waals surface area contributed by atoms with E-state index in [4.69, 9.17) is 11.1 Å². The summed E-state index contributed by atoms with van der Waals surface area (Å²) in [6, 6.07) is 5.78. The molecule has 0 aliphatic carbocycles. The van der Waals surface area contributed by atoms with Crippen molar-refractivity contribution in [1.82, 2.24) is 0 Å². The molecule has 2 heteroatoms. The zero-order valence-corrected chi connectivity index (χ0v) is 6.59. The maximum Gasteiger partial charge on any atom is 0.0403 e.